The fourth-order valence-corrected chi connectivity index (χ4v) is 1.53. The SMILES string of the molecule is Cc1cc2cc(N)cc(Cl)c2o1. The first-order valence-corrected chi connectivity index (χ1v) is 4.00. The lowest BCUT2D eigenvalue weighted by atomic mass is 10.2. The lowest BCUT2D eigenvalue weighted by Gasteiger charge is -1.94. The third-order valence-corrected chi connectivity index (χ3v) is 2.00. The van der Waals surface area contributed by atoms with E-state index >= 15 is 0 Å². The van der Waals surface area contributed by atoms with Crippen molar-refractivity contribution in [1.29, 1.82) is 0 Å². The van der Waals surface area contributed by atoms with Crippen molar-refractivity contribution in [2.45, 2.75) is 6.92 Å². The molecule has 2 aromatic rings. The van der Waals surface area contributed by atoms with Crippen molar-refractivity contribution in [3.05, 3.63) is 29.0 Å². The van der Waals surface area contributed by atoms with Gasteiger partial charge in [-0.25, -0.2) is 0 Å². The highest BCUT2D eigenvalue weighted by atomic mass is 35.5. The number of nitrogen functional groups attached to an aromatic ring is 1. The van der Waals surface area contributed by atoms with Gasteiger partial charge in [0.05, 0.1) is 5.02 Å². The molecule has 12 heavy (non-hydrogen) atoms. The van der Waals surface area contributed by atoms with Crippen LogP contribution in [0.5, 0.6) is 0 Å². The summed E-state index contributed by atoms with van der Waals surface area (Å²) >= 11 is 5.90. The van der Waals surface area contributed by atoms with Crippen LogP contribution in [0, 0.1) is 6.92 Å². The van der Waals surface area contributed by atoms with Crippen LogP contribution >= 0.6 is 11.6 Å². The van der Waals surface area contributed by atoms with E-state index in [1.165, 1.54) is 0 Å². The molecule has 1 aromatic heterocycles. The molecule has 0 aliphatic rings. The summed E-state index contributed by atoms with van der Waals surface area (Å²) in [5.74, 6) is 0.845. The molecule has 1 aromatic carbocycles. The van der Waals surface area contributed by atoms with Gasteiger partial charge in [0.25, 0.3) is 0 Å². The predicted octanol–water partition coefficient (Wildman–Crippen LogP) is 2.98. The molecule has 0 bridgehead atoms. The first kappa shape index (κ1) is 7.50. The molecule has 2 nitrogen and oxygen atoms in total. The Bertz CT molecular complexity index is 433. The Balaban J connectivity index is 2.88. The lowest BCUT2D eigenvalue weighted by Crippen LogP contribution is -1.82. The van der Waals surface area contributed by atoms with Gasteiger partial charge in [0, 0.05) is 11.1 Å². The Kier molecular flexibility index (Phi) is 1.51. The minimum absolute atomic E-state index is 0.568. The number of anilines is 1. The van der Waals surface area contributed by atoms with Crippen LogP contribution in [0.15, 0.2) is 22.6 Å². The summed E-state index contributed by atoms with van der Waals surface area (Å²) in [6.45, 7) is 1.88. The second-order valence-electron chi connectivity index (χ2n) is 2.78. The van der Waals surface area contributed by atoms with E-state index < -0.39 is 0 Å². The number of hydrogen-bond acceptors (Lipinski definition) is 2. The van der Waals surface area contributed by atoms with E-state index in [1.807, 2.05) is 19.1 Å². The summed E-state index contributed by atoms with van der Waals surface area (Å²) in [6, 6.07) is 5.45. The smallest absolute Gasteiger partial charge is 0.152 e. The maximum Gasteiger partial charge on any atom is 0.152 e. The van der Waals surface area contributed by atoms with Crippen LogP contribution in [0.2, 0.25) is 5.02 Å². The van der Waals surface area contributed by atoms with Gasteiger partial charge >= 0.3 is 0 Å². The molecule has 0 saturated carbocycles. The summed E-state index contributed by atoms with van der Waals surface area (Å²) in [5, 5.41) is 1.52. The van der Waals surface area contributed by atoms with Crippen LogP contribution in [-0.4, -0.2) is 0 Å². The highest BCUT2D eigenvalue weighted by Gasteiger charge is 2.05. The fourth-order valence-electron chi connectivity index (χ4n) is 1.26. The Labute approximate surface area is 74.9 Å². The maximum atomic E-state index is 5.90. The van der Waals surface area contributed by atoms with Gasteiger partial charge < -0.3 is 10.2 Å². The van der Waals surface area contributed by atoms with E-state index in [0.717, 1.165) is 11.1 Å². The van der Waals surface area contributed by atoms with Gasteiger partial charge in [0.1, 0.15) is 5.76 Å². The molecule has 1 heterocycles. The maximum absolute atomic E-state index is 5.90. The molecule has 0 saturated heterocycles. The van der Waals surface area contributed by atoms with Crippen LogP contribution < -0.4 is 5.73 Å². The van der Waals surface area contributed by atoms with Crippen molar-refractivity contribution in [3.8, 4) is 0 Å². The van der Waals surface area contributed by atoms with Crippen LogP contribution in [-0.2, 0) is 0 Å². The van der Waals surface area contributed by atoms with Crippen LogP contribution in [0.25, 0.3) is 11.0 Å². The van der Waals surface area contributed by atoms with Gasteiger partial charge in [-0.15, -0.1) is 0 Å². The standard InChI is InChI=1S/C9H8ClNO/c1-5-2-6-3-7(11)4-8(10)9(6)12-5/h2-4H,11H2,1H3. The highest BCUT2D eigenvalue weighted by molar-refractivity contribution is 6.35. The van der Waals surface area contributed by atoms with Gasteiger partial charge in [-0.05, 0) is 25.1 Å². The van der Waals surface area contributed by atoms with E-state index in [0.29, 0.717) is 16.3 Å². The Morgan fingerprint density at radius 2 is 2.08 bits per heavy atom. The highest BCUT2D eigenvalue weighted by Crippen LogP contribution is 2.28. The molecule has 0 radical (unpaired) electrons. The first-order chi connectivity index (χ1) is 5.66. The van der Waals surface area contributed by atoms with Gasteiger partial charge in [0.2, 0.25) is 0 Å². The molecule has 62 valence electrons. The Morgan fingerprint density at radius 3 is 2.83 bits per heavy atom. The first-order valence-electron chi connectivity index (χ1n) is 3.62. The van der Waals surface area contributed by atoms with Gasteiger partial charge in [-0.3, -0.25) is 0 Å². The van der Waals surface area contributed by atoms with E-state index in [2.05, 4.69) is 0 Å². The second kappa shape index (κ2) is 2.42. The average molecular weight is 182 g/mol. The average Bonchev–Trinajstić information content (AvgIpc) is 2.29. The zero-order chi connectivity index (χ0) is 8.72. The largest absolute Gasteiger partial charge is 0.460 e. The minimum atomic E-state index is 0.568. The molecule has 0 atom stereocenters. The molecule has 0 spiro atoms. The normalized spacial score (nSPS) is 10.8. The van der Waals surface area contributed by atoms with E-state index in [1.54, 1.807) is 6.07 Å². The zero-order valence-corrected chi connectivity index (χ0v) is 7.35. The van der Waals surface area contributed by atoms with Gasteiger partial charge in [-0.1, -0.05) is 11.6 Å². The number of nitrogens with two attached hydrogens (primary N) is 1. The van der Waals surface area contributed by atoms with Crippen LogP contribution in [0.4, 0.5) is 5.69 Å². The Hall–Kier alpha value is -1.15. The summed E-state index contributed by atoms with van der Waals surface area (Å²) in [5.41, 5.74) is 6.98. The topological polar surface area (TPSA) is 39.2 Å². The summed E-state index contributed by atoms with van der Waals surface area (Å²) in [7, 11) is 0. The number of furan rings is 1. The van der Waals surface area contributed by atoms with Crippen LogP contribution in [0.3, 0.4) is 0 Å². The molecule has 0 aliphatic heterocycles. The molecular formula is C9H8ClNO. The quantitative estimate of drug-likeness (QED) is 0.635. The third kappa shape index (κ3) is 1.04. The van der Waals surface area contributed by atoms with Crippen molar-refractivity contribution in [2.75, 3.05) is 5.73 Å². The summed E-state index contributed by atoms with van der Waals surface area (Å²) in [4.78, 5) is 0. The number of benzene rings is 1. The molecular weight excluding hydrogens is 174 g/mol. The number of aryl methyl sites for hydroxylation is 1. The lowest BCUT2D eigenvalue weighted by molar-refractivity contribution is 0.579. The monoisotopic (exact) mass is 181 g/mol. The zero-order valence-electron chi connectivity index (χ0n) is 6.60. The molecule has 0 fully saturated rings. The summed E-state index contributed by atoms with van der Waals surface area (Å²) < 4.78 is 5.37. The predicted molar refractivity (Wildman–Crippen MR) is 50.4 cm³/mol. The van der Waals surface area contributed by atoms with E-state index in [4.69, 9.17) is 21.8 Å². The van der Waals surface area contributed by atoms with Crippen molar-refractivity contribution in [2.24, 2.45) is 0 Å². The molecule has 2 rings (SSSR count). The van der Waals surface area contributed by atoms with Crippen LogP contribution in [0.1, 0.15) is 5.76 Å². The van der Waals surface area contributed by atoms with E-state index in [9.17, 15) is 0 Å². The van der Waals surface area contributed by atoms with Crippen molar-refractivity contribution >= 4 is 28.3 Å². The van der Waals surface area contributed by atoms with Crippen molar-refractivity contribution in [1.82, 2.24) is 0 Å². The second-order valence-corrected chi connectivity index (χ2v) is 3.19. The van der Waals surface area contributed by atoms with Crippen molar-refractivity contribution < 1.29 is 4.42 Å². The molecule has 2 N–H and O–H groups in total. The third-order valence-electron chi connectivity index (χ3n) is 1.72. The molecule has 0 amide bonds. The van der Waals surface area contributed by atoms with E-state index in [-0.39, 0.29) is 0 Å². The van der Waals surface area contributed by atoms with Gasteiger partial charge in [-0.2, -0.15) is 0 Å². The molecule has 0 unspecified atom stereocenters. The number of hydrogen-bond donors (Lipinski definition) is 1. The number of halogens is 1. The Morgan fingerprint density at radius 1 is 1.33 bits per heavy atom. The fraction of sp³-hybridized carbons (Fsp3) is 0.111. The minimum Gasteiger partial charge on any atom is -0.460 e. The molecule has 3 heteroatoms. The summed E-state index contributed by atoms with van der Waals surface area (Å²) in [6.07, 6.45) is 0. The molecule has 0 aliphatic carbocycles. The van der Waals surface area contributed by atoms with Gasteiger partial charge in [0.15, 0.2) is 5.58 Å². The van der Waals surface area contributed by atoms with Crippen molar-refractivity contribution in [3.63, 3.8) is 0 Å². The number of rotatable bonds is 0. The number of fused-ring (bicyclic) bond motifs is 1.